The van der Waals surface area contributed by atoms with Crippen LogP contribution in [-0.2, 0) is 21.1 Å². The van der Waals surface area contributed by atoms with E-state index in [2.05, 4.69) is 9.97 Å². The molecule has 0 atom stereocenters. The van der Waals surface area contributed by atoms with Gasteiger partial charge in [0.2, 0.25) is 0 Å². The van der Waals surface area contributed by atoms with Gasteiger partial charge in [-0.25, -0.2) is 9.97 Å². The second-order valence-electron chi connectivity index (χ2n) is 4.17. The molecule has 0 saturated carbocycles. The average Bonchev–Trinajstić information content (AvgIpc) is 2.42. The van der Waals surface area contributed by atoms with E-state index >= 15 is 0 Å². The molecular weight excluding hydrogens is 292 g/mol. The summed E-state index contributed by atoms with van der Waals surface area (Å²) in [5.41, 5.74) is 3.17. The highest BCUT2D eigenvalue weighted by Gasteiger charge is 2.11. The maximum Gasteiger partial charge on any atom is 0.186 e. The lowest BCUT2D eigenvalue weighted by Gasteiger charge is -2.08. The maximum absolute atomic E-state index is 11.1. The van der Waals surface area contributed by atoms with Crippen molar-refractivity contribution in [1.82, 2.24) is 9.97 Å². The molecule has 104 valence electrons. The second kappa shape index (κ2) is 6.85. The Morgan fingerprint density at radius 3 is 1.65 bits per heavy atom. The fraction of sp³-hybridized carbons (Fsp3) is 0.286. The molecule has 6 heteroatoms. The van der Waals surface area contributed by atoms with Crippen LogP contribution in [0.4, 0.5) is 0 Å². The third-order valence-electron chi connectivity index (χ3n) is 2.55. The van der Waals surface area contributed by atoms with Gasteiger partial charge >= 0.3 is 0 Å². The van der Waals surface area contributed by atoms with E-state index in [1.807, 2.05) is 24.3 Å². The molecule has 0 unspecified atom stereocenters. The van der Waals surface area contributed by atoms with E-state index in [0.29, 0.717) is 11.5 Å². The van der Waals surface area contributed by atoms with Gasteiger partial charge < -0.3 is 0 Å². The Bertz CT molecular complexity index is 602. The fourth-order valence-corrected chi connectivity index (χ4v) is 2.79. The van der Waals surface area contributed by atoms with Crippen LogP contribution in [0.5, 0.6) is 0 Å². The van der Waals surface area contributed by atoms with E-state index in [-0.39, 0.29) is 10.2 Å². The molecule has 2 rings (SSSR count). The highest BCUT2D eigenvalue weighted by atomic mass is 32.2. The van der Waals surface area contributed by atoms with Gasteiger partial charge in [0.25, 0.3) is 0 Å². The first kappa shape index (κ1) is 15.0. The number of hydrogen-bond donors (Lipinski definition) is 0. The highest BCUT2D eigenvalue weighted by molar-refractivity contribution is 8.13. The summed E-state index contributed by atoms with van der Waals surface area (Å²) in [6.45, 7) is 3.06. The standard InChI is InChI=1S/C14H14N2O2S2/c1-9(17)19-7-13-14(8-20-10(2)18)16-12-6-4-3-5-11(12)15-13/h3-6H,7-8H2,1-2H3. The zero-order valence-corrected chi connectivity index (χ0v) is 12.9. The minimum absolute atomic E-state index is 0.0464. The molecule has 1 aromatic carbocycles. The van der Waals surface area contributed by atoms with Crippen LogP contribution in [0.3, 0.4) is 0 Å². The molecule has 0 aliphatic rings. The largest absolute Gasteiger partial charge is 0.288 e. The third-order valence-corrected chi connectivity index (χ3v) is 4.20. The molecule has 0 N–H and O–H groups in total. The number of fused-ring (bicyclic) bond motifs is 1. The van der Waals surface area contributed by atoms with Crippen LogP contribution < -0.4 is 0 Å². The summed E-state index contributed by atoms with van der Waals surface area (Å²) in [6, 6.07) is 7.60. The maximum atomic E-state index is 11.1. The van der Waals surface area contributed by atoms with E-state index in [1.54, 1.807) is 0 Å². The predicted molar refractivity (Wildman–Crippen MR) is 83.5 cm³/mol. The summed E-state index contributed by atoms with van der Waals surface area (Å²) >= 11 is 2.41. The van der Waals surface area contributed by atoms with Crippen LogP contribution in [0.15, 0.2) is 24.3 Å². The van der Waals surface area contributed by atoms with Gasteiger partial charge in [0.05, 0.1) is 22.4 Å². The molecule has 1 heterocycles. The van der Waals surface area contributed by atoms with Crippen molar-refractivity contribution in [3.8, 4) is 0 Å². The van der Waals surface area contributed by atoms with Crippen molar-refractivity contribution in [2.75, 3.05) is 0 Å². The Hall–Kier alpha value is -1.40. The van der Waals surface area contributed by atoms with E-state index in [1.165, 1.54) is 37.4 Å². The molecule has 0 spiro atoms. The second-order valence-corrected chi connectivity index (χ2v) is 6.47. The molecule has 0 saturated heterocycles. The highest BCUT2D eigenvalue weighted by Crippen LogP contribution is 2.21. The molecule has 0 aliphatic heterocycles. The summed E-state index contributed by atoms with van der Waals surface area (Å²) in [6.07, 6.45) is 0. The monoisotopic (exact) mass is 306 g/mol. The lowest BCUT2D eigenvalue weighted by Crippen LogP contribution is -2.02. The molecule has 0 aliphatic carbocycles. The number of nitrogens with zero attached hydrogens (tertiary/aromatic N) is 2. The Kier molecular flexibility index (Phi) is 5.14. The number of carbonyl (C=O) groups is 2. The zero-order chi connectivity index (χ0) is 14.5. The number of para-hydroxylation sites is 2. The molecule has 0 radical (unpaired) electrons. The number of benzene rings is 1. The van der Waals surface area contributed by atoms with Gasteiger partial charge in [-0.3, -0.25) is 9.59 Å². The van der Waals surface area contributed by atoms with Gasteiger partial charge in [0.15, 0.2) is 10.2 Å². The molecule has 20 heavy (non-hydrogen) atoms. The van der Waals surface area contributed by atoms with Gasteiger partial charge in [-0.15, -0.1) is 0 Å². The van der Waals surface area contributed by atoms with Crippen molar-refractivity contribution in [2.24, 2.45) is 0 Å². The van der Waals surface area contributed by atoms with Crippen LogP contribution in [0.1, 0.15) is 25.2 Å². The first-order valence-electron chi connectivity index (χ1n) is 6.07. The molecular formula is C14H14N2O2S2. The van der Waals surface area contributed by atoms with E-state index in [4.69, 9.17) is 0 Å². The Balaban J connectivity index is 2.35. The van der Waals surface area contributed by atoms with Gasteiger partial charge in [0, 0.05) is 25.4 Å². The third kappa shape index (κ3) is 4.05. The van der Waals surface area contributed by atoms with Crippen molar-refractivity contribution in [1.29, 1.82) is 0 Å². The van der Waals surface area contributed by atoms with Crippen LogP contribution in [0.2, 0.25) is 0 Å². The van der Waals surface area contributed by atoms with Crippen molar-refractivity contribution >= 4 is 44.8 Å². The van der Waals surface area contributed by atoms with E-state index in [9.17, 15) is 9.59 Å². The predicted octanol–water partition coefficient (Wildman–Crippen LogP) is 3.19. The Morgan fingerprint density at radius 1 is 0.900 bits per heavy atom. The quantitative estimate of drug-likeness (QED) is 0.864. The number of rotatable bonds is 4. The molecule has 0 fully saturated rings. The minimum atomic E-state index is 0.0464. The van der Waals surface area contributed by atoms with Gasteiger partial charge in [-0.2, -0.15) is 0 Å². The van der Waals surface area contributed by atoms with E-state index in [0.717, 1.165) is 22.4 Å². The molecule has 4 nitrogen and oxygen atoms in total. The van der Waals surface area contributed by atoms with Gasteiger partial charge in [-0.05, 0) is 12.1 Å². The summed E-state index contributed by atoms with van der Waals surface area (Å²) < 4.78 is 0. The van der Waals surface area contributed by atoms with Crippen molar-refractivity contribution < 1.29 is 9.59 Å². The first-order valence-corrected chi connectivity index (χ1v) is 8.04. The molecule has 1 aromatic heterocycles. The fourth-order valence-electron chi connectivity index (χ4n) is 1.64. The Morgan fingerprint density at radius 2 is 1.30 bits per heavy atom. The van der Waals surface area contributed by atoms with Crippen molar-refractivity contribution in [3.05, 3.63) is 35.7 Å². The summed E-state index contributed by atoms with van der Waals surface area (Å²) in [5.74, 6) is 0.974. The smallest absolute Gasteiger partial charge is 0.186 e. The molecule has 0 amide bonds. The van der Waals surface area contributed by atoms with Gasteiger partial charge in [-0.1, -0.05) is 35.7 Å². The van der Waals surface area contributed by atoms with Crippen LogP contribution in [0.25, 0.3) is 11.0 Å². The lowest BCUT2D eigenvalue weighted by atomic mass is 10.2. The average molecular weight is 306 g/mol. The van der Waals surface area contributed by atoms with E-state index < -0.39 is 0 Å². The SMILES string of the molecule is CC(=O)SCc1nc2ccccc2nc1CSC(C)=O. The minimum Gasteiger partial charge on any atom is -0.288 e. The number of thioether (sulfide) groups is 2. The molecule has 0 bridgehead atoms. The summed E-state index contributed by atoms with van der Waals surface area (Å²) in [7, 11) is 0. The summed E-state index contributed by atoms with van der Waals surface area (Å²) in [5, 5.41) is 0.0928. The summed E-state index contributed by atoms with van der Waals surface area (Å²) in [4.78, 5) is 31.4. The number of carbonyl (C=O) groups excluding carboxylic acids is 2. The lowest BCUT2D eigenvalue weighted by molar-refractivity contribution is -0.109. The van der Waals surface area contributed by atoms with Crippen LogP contribution >= 0.6 is 23.5 Å². The molecule has 2 aromatic rings. The van der Waals surface area contributed by atoms with Crippen LogP contribution in [-0.4, -0.2) is 20.2 Å². The first-order chi connectivity index (χ1) is 9.56. The number of hydrogen-bond acceptors (Lipinski definition) is 6. The van der Waals surface area contributed by atoms with Crippen molar-refractivity contribution in [3.63, 3.8) is 0 Å². The Labute approximate surface area is 125 Å². The topological polar surface area (TPSA) is 59.9 Å². The number of aromatic nitrogens is 2. The zero-order valence-electron chi connectivity index (χ0n) is 11.3. The van der Waals surface area contributed by atoms with Gasteiger partial charge in [0.1, 0.15) is 0 Å². The normalized spacial score (nSPS) is 10.7. The van der Waals surface area contributed by atoms with Crippen LogP contribution in [0, 0.1) is 0 Å². The van der Waals surface area contributed by atoms with Crippen molar-refractivity contribution in [2.45, 2.75) is 25.4 Å².